The van der Waals surface area contributed by atoms with Crippen LogP contribution in [-0.4, -0.2) is 76.5 Å². The zero-order chi connectivity index (χ0) is 22.1. The fourth-order valence-corrected chi connectivity index (χ4v) is 7.11. The van der Waals surface area contributed by atoms with Crippen LogP contribution < -0.4 is 5.73 Å². The molecule has 1 aliphatic rings. The maximum Gasteiger partial charge on any atom is 0.502 e. The van der Waals surface area contributed by atoms with Gasteiger partial charge in [-0.05, 0) is 54.5 Å². The van der Waals surface area contributed by atoms with E-state index >= 15 is 0 Å². The Morgan fingerprint density at radius 1 is 0.719 bits per heavy atom. The van der Waals surface area contributed by atoms with E-state index in [4.69, 9.17) is 37.0 Å². The molecule has 0 amide bonds. The minimum absolute atomic E-state index is 0. The first-order valence-corrected chi connectivity index (χ1v) is 13.6. The van der Waals surface area contributed by atoms with E-state index in [2.05, 4.69) is 0 Å². The maximum absolute atomic E-state index is 5.94. The smallest absolute Gasteiger partial charge is 0.377 e. The molecule has 8 nitrogen and oxygen atoms in total. The average Bonchev–Trinajstić information content (AvgIpc) is 3.41. The standard InChI is InChI=1S/C10H22O4Si.C8H21NO3Si.4CH4/c1-10(2,3)14-15(11-4,12-5)7-6-9-8-13-9;1-8(2,3)12-13(10-4,11-5)7-6-9;;;;/h9H,6-8H2,1-5H3;6-7,9H2,1-5H3;4*1H4. The zero-order valence-corrected chi connectivity index (χ0v) is 21.5. The lowest BCUT2D eigenvalue weighted by molar-refractivity contribution is 0.0153. The highest BCUT2D eigenvalue weighted by molar-refractivity contribution is 6.61. The number of epoxide rings is 1. The van der Waals surface area contributed by atoms with Gasteiger partial charge in [0.1, 0.15) is 0 Å². The maximum atomic E-state index is 5.94. The molecule has 0 spiro atoms. The second-order valence-corrected chi connectivity index (χ2v) is 14.4. The second kappa shape index (κ2) is 18.4. The van der Waals surface area contributed by atoms with Gasteiger partial charge in [-0.3, -0.25) is 0 Å². The van der Waals surface area contributed by atoms with Crippen LogP contribution in [0.1, 0.15) is 77.7 Å². The Bertz CT molecular complexity index is 417. The molecule has 0 aromatic carbocycles. The topological polar surface area (TPSA) is 93.9 Å². The van der Waals surface area contributed by atoms with E-state index in [0.29, 0.717) is 18.7 Å². The van der Waals surface area contributed by atoms with Crippen molar-refractivity contribution in [2.75, 3.05) is 41.6 Å². The van der Waals surface area contributed by atoms with Crippen LogP contribution in [0, 0.1) is 0 Å². The molecule has 0 bridgehead atoms. The van der Waals surface area contributed by atoms with Gasteiger partial charge in [0.25, 0.3) is 0 Å². The van der Waals surface area contributed by atoms with Crippen LogP contribution in [0.15, 0.2) is 0 Å². The summed E-state index contributed by atoms with van der Waals surface area (Å²) in [5.41, 5.74) is 4.99. The summed E-state index contributed by atoms with van der Waals surface area (Å²) in [5.74, 6) is 0. The van der Waals surface area contributed by atoms with Crippen molar-refractivity contribution >= 4 is 17.6 Å². The molecule has 0 saturated carbocycles. The molecule has 0 aliphatic carbocycles. The largest absolute Gasteiger partial charge is 0.502 e. The summed E-state index contributed by atoms with van der Waals surface area (Å²) in [5, 5.41) is 0. The minimum Gasteiger partial charge on any atom is -0.377 e. The third-order valence-corrected chi connectivity index (χ3v) is 9.93. The van der Waals surface area contributed by atoms with Gasteiger partial charge < -0.3 is 37.0 Å². The van der Waals surface area contributed by atoms with Gasteiger partial charge in [0.2, 0.25) is 0 Å². The highest BCUT2D eigenvalue weighted by atomic mass is 28.4. The van der Waals surface area contributed by atoms with E-state index in [1.807, 2.05) is 41.5 Å². The fraction of sp³-hybridized carbons (Fsp3) is 1.00. The lowest BCUT2D eigenvalue weighted by Crippen LogP contribution is -2.50. The van der Waals surface area contributed by atoms with Crippen molar-refractivity contribution in [2.24, 2.45) is 5.73 Å². The Morgan fingerprint density at radius 3 is 1.25 bits per heavy atom. The Morgan fingerprint density at radius 2 is 1.03 bits per heavy atom. The molecule has 32 heavy (non-hydrogen) atoms. The molecule has 0 radical (unpaired) electrons. The number of rotatable bonds is 11. The lowest BCUT2D eigenvalue weighted by atomic mass is 10.2. The summed E-state index contributed by atoms with van der Waals surface area (Å²) < 4.78 is 38.5. The molecule has 2 N–H and O–H groups in total. The summed E-state index contributed by atoms with van der Waals surface area (Å²) in [4.78, 5) is 0. The van der Waals surface area contributed by atoms with Crippen molar-refractivity contribution < 1.29 is 31.3 Å². The van der Waals surface area contributed by atoms with Crippen LogP contribution in [0.3, 0.4) is 0 Å². The Kier molecular flexibility index (Phi) is 24.4. The molecule has 1 saturated heterocycles. The Hall–Kier alpha value is 0.114. The summed E-state index contributed by atoms with van der Waals surface area (Å²) in [6.07, 6.45) is 1.36. The normalized spacial score (nSPS) is 15.7. The summed E-state index contributed by atoms with van der Waals surface area (Å²) >= 11 is 0. The van der Waals surface area contributed by atoms with E-state index in [1.165, 1.54) is 0 Å². The molecule has 1 rings (SSSR count). The van der Waals surface area contributed by atoms with Gasteiger partial charge in [-0.1, -0.05) is 29.7 Å². The third kappa shape index (κ3) is 18.5. The monoisotopic (exact) mass is 505 g/mol. The number of hydrogen-bond donors (Lipinski definition) is 1. The van der Waals surface area contributed by atoms with Crippen LogP contribution in [0.5, 0.6) is 0 Å². The van der Waals surface area contributed by atoms with Gasteiger partial charge in [-0.2, -0.15) is 0 Å². The van der Waals surface area contributed by atoms with Gasteiger partial charge in [0.15, 0.2) is 0 Å². The minimum atomic E-state index is -2.50. The first kappa shape index (κ1) is 42.3. The summed E-state index contributed by atoms with van der Waals surface area (Å²) in [6, 6.07) is 1.47. The van der Waals surface area contributed by atoms with Crippen LogP contribution in [0.25, 0.3) is 0 Å². The van der Waals surface area contributed by atoms with Crippen molar-refractivity contribution in [3.63, 3.8) is 0 Å². The van der Waals surface area contributed by atoms with E-state index in [9.17, 15) is 0 Å². The van der Waals surface area contributed by atoms with Crippen molar-refractivity contribution in [2.45, 2.75) is 107 Å². The molecule has 1 atom stereocenters. The fourth-order valence-electron chi connectivity index (χ4n) is 2.53. The molecular weight excluding hydrogens is 446 g/mol. The van der Waals surface area contributed by atoms with E-state index in [-0.39, 0.29) is 40.9 Å². The highest BCUT2D eigenvalue weighted by Crippen LogP contribution is 2.27. The lowest BCUT2D eigenvalue weighted by Gasteiger charge is -2.33. The van der Waals surface area contributed by atoms with Crippen molar-refractivity contribution in [3.05, 3.63) is 0 Å². The Balaban J connectivity index is -0.000000136. The van der Waals surface area contributed by atoms with E-state index in [1.54, 1.807) is 28.4 Å². The van der Waals surface area contributed by atoms with Gasteiger partial charge in [-0.15, -0.1) is 0 Å². The molecule has 1 heterocycles. The summed E-state index contributed by atoms with van der Waals surface area (Å²) in [7, 11) is 1.55. The van der Waals surface area contributed by atoms with Gasteiger partial charge in [0, 0.05) is 40.5 Å². The quantitative estimate of drug-likeness (QED) is 0.296. The average molecular weight is 506 g/mol. The zero-order valence-electron chi connectivity index (χ0n) is 19.5. The first-order chi connectivity index (χ1) is 12.8. The molecule has 0 aromatic rings. The van der Waals surface area contributed by atoms with Crippen molar-refractivity contribution in [1.82, 2.24) is 0 Å². The third-order valence-electron chi connectivity index (χ3n) is 3.79. The van der Waals surface area contributed by atoms with E-state index in [0.717, 1.165) is 19.1 Å². The Labute approximate surface area is 203 Å². The summed E-state index contributed by atoms with van der Waals surface area (Å²) in [6.45, 7) is 13.4. The van der Waals surface area contributed by atoms with Crippen LogP contribution in [-0.2, 0) is 31.3 Å². The first-order valence-electron chi connectivity index (χ1n) is 9.72. The molecule has 0 aromatic heterocycles. The van der Waals surface area contributed by atoms with Gasteiger partial charge in [0.05, 0.1) is 23.9 Å². The van der Waals surface area contributed by atoms with Crippen LogP contribution in [0.4, 0.5) is 0 Å². The van der Waals surface area contributed by atoms with Crippen molar-refractivity contribution in [1.29, 1.82) is 0 Å². The highest BCUT2D eigenvalue weighted by Gasteiger charge is 2.44. The molecule has 10 heteroatoms. The molecule has 1 aliphatic heterocycles. The molecule has 1 unspecified atom stereocenters. The van der Waals surface area contributed by atoms with Crippen LogP contribution >= 0.6 is 0 Å². The molecule has 202 valence electrons. The van der Waals surface area contributed by atoms with Crippen molar-refractivity contribution in [3.8, 4) is 0 Å². The SMILES string of the molecule is C.C.C.C.CO[Si](CCC1CO1)(OC)OC(C)(C)C.CO[Si](CCN)(OC)OC(C)(C)C. The number of nitrogens with two attached hydrogens (primary N) is 1. The predicted octanol–water partition coefficient (Wildman–Crippen LogP) is 5.36. The molecular formula is C22H59NO7Si2. The molecule has 1 fully saturated rings. The van der Waals surface area contributed by atoms with Gasteiger partial charge >= 0.3 is 17.6 Å². The number of ether oxygens (including phenoxy) is 1. The van der Waals surface area contributed by atoms with E-state index < -0.39 is 17.6 Å². The van der Waals surface area contributed by atoms with Crippen LogP contribution in [0.2, 0.25) is 12.1 Å². The number of hydrogen-bond acceptors (Lipinski definition) is 8. The van der Waals surface area contributed by atoms with Gasteiger partial charge in [-0.25, -0.2) is 0 Å². The predicted molar refractivity (Wildman–Crippen MR) is 141 cm³/mol. The second-order valence-electron chi connectivity index (χ2n) is 8.64.